The van der Waals surface area contributed by atoms with E-state index in [0.717, 1.165) is 18.1 Å². The number of pyridine rings is 1. The average molecular weight is 288 g/mol. The quantitative estimate of drug-likeness (QED) is 0.794. The summed E-state index contributed by atoms with van der Waals surface area (Å²) in [5, 5.41) is 0. The van der Waals surface area contributed by atoms with Crippen LogP contribution in [0.25, 0.3) is 5.65 Å². The molecule has 0 unspecified atom stereocenters. The molecular weight excluding hydrogens is 268 g/mol. The molecule has 2 heterocycles. The zero-order chi connectivity index (χ0) is 14.8. The highest BCUT2D eigenvalue weighted by Crippen LogP contribution is 2.29. The normalized spacial score (nSPS) is 15.0. The molecule has 0 spiro atoms. The van der Waals surface area contributed by atoms with E-state index in [9.17, 15) is 4.79 Å². The first-order chi connectivity index (χ1) is 10.2. The Kier molecular flexibility index (Phi) is 3.82. The van der Waals surface area contributed by atoms with Gasteiger partial charge >= 0.3 is 5.97 Å². The fourth-order valence-corrected chi connectivity index (χ4v) is 2.63. The van der Waals surface area contributed by atoms with Crippen molar-refractivity contribution in [3.05, 3.63) is 29.7 Å². The second-order valence-electron chi connectivity index (χ2n) is 5.43. The molecule has 0 aliphatic heterocycles. The second kappa shape index (κ2) is 5.76. The van der Waals surface area contributed by atoms with E-state index in [0.29, 0.717) is 23.7 Å². The summed E-state index contributed by atoms with van der Waals surface area (Å²) in [6.45, 7) is 2.70. The number of aryl methyl sites for hydroxylation is 1. The van der Waals surface area contributed by atoms with Gasteiger partial charge < -0.3 is 9.47 Å². The predicted octanol–water partition coefficient (Wildman–Crippen LogP) is 2.86. The number of hydrogen-bond acceptors (Lipinski definition) is 4. The number of methoxy groups -OCH3 is 1. The number of fused-ring (bicyclic) bond motifs is 1. The van der Waals surface area contributed by atoms with Crippen LogP contribution in [-0.2, 0) is 11.2 Å². The minimum atomic E-state index is -0.365. The number of hydrogen-bond donors (Lipinski definition) is 0. The van der Waals surface area contributed by atoms with E-state index in [-0.39, 0.29) is 5.97 Å². The monoisotopic (exact) mass is 288 g/mol. The van der Waals surface area contributed by atoms with Crippen molar-refractivity contribution in [1.82, 2.24) is 9.38 Å². The molecule has 21 heavy (non-hydrogen) atoms. The van der Waals surface area contributed by atoms with Gasteiger partial charge in [0.25, 0.3) is 0 Å². The van der Waals surface area contributed by atoms with Gasteiger partial charge in [0.2, 0.25) is 0 Å². The Balaban J connectivity index is 1.98. The van der Waals surface area contributed by atoms with Crippen LogP contribution in [0.1, 0.15) is 42.4 Å². The van der Waals surface area contributed by atoms with Crippen molar-refractivity contribution in [2.45, 2.75) is 32.6 Å². The van der Waals surface area contributed by atoms with Crippen molar-refractivity contribution in [3.63, 3.8) is 0 Å². The van der Waals surface area contributed by atoms with Crippen LogP contribution in [0.15, 0.2) is 18.3 Å². The van der Waals surface area contributed by atoms with E-state index in [1.54, 1.807) is 4.40 Å². The highest BCUT2D eigenvalue weighted by atomic mass is 16.5. The SMILES string of the molecule is CCc1nc2c(OCC3CCC3)cccn2c1C(=O)OC. The van der Waals surface area contributed by atoms with Crippen LogP contribution in [0, 0.1) is 5.92 Å². The highest BCUT2D eigenvalue weighted by Gasteiger charge is 2.22. The van der Waals surface area contributed by atoms with Gasteiger partial charge in [0.1, 0.15) is 0 Å². The van der Waals surface area contributed by atoms with E-state index < -0.39 is 0 Å². The van der Waals surface area contributed by atoms with Crippen molar-refractivity contribution in [2.24, 2.45) is 5.92 Å². The smallest absolute Gasteiger partial charge is 0.357 e. The molecule has 0 aromatic carbocycles. The standard InChI is InChI=1S/C16H20N2O3/c1-3-12-14(16(19)20-2)18-9-5-8-13(15(18)17-12)21-10-11-6-4-7-11/h5,8-9,11H,3-4,6-7,10H2,1-2H3. The summed E-state index contributed by atoms with van der Waals surface area (Å²) in [6.07, 6.45) is 6.28. The van der Waals surface area contributed by atoms with Gasteiger partial charge in [-0.05, 0) is 37.3 Å². The molecule has 1 saturated carbocycles. The molecule has 0 radical (unpaired) electrons. The topological polar surface area (TPSA) is 52.8 Å². The molecule has 2 aromatic heterocycles. The van der Waals surface area contributed by atoms with E-state index in [1.807, 2.05) is 25.3 Å². The van der Waals surface area contributed by atoms with Gasteiger partial charge in [0.15, 0.2) is 17.1 Å². The molecular formula is C16H20N2O3. The zero-order valence-electron chi connectivity index (χ0n) is 12.5. The van der Waals surface area contributed by atoms with E-state index in [1.165, 1.54) is 26.4 Å². The number of aromatic nitrogens is 2. The third kappa shape index (κ3) is 2.48. The Labute approximate surface area is 123 Å². The van der Waals surface area contributed by atoms with Gasteiger partial charge in [-0.15, -0.1) is 0 Å². The molecule has 1 aliphatic rings. The number of nitrogens with zero attached hydrogens (tertiary/aromatic N) is 2. The van der Waals surface area contributed by atoms with Crippen LogP contribution >= 0.6 is 0 Å². The minimum Gasteiger partial charge on any atom is -0.489 e. The Bertz CT molecular complexity index is 659. The lowest BCUT2D eigenvalue weighted by Gasteiger charge is -2.25. The van der Waals surface area contributed by atoms with Gasteiger partial charge in [-0.2, -0.15) is 0 Å². The maximum atomic E-state index is 12.0. The van der Waals surface area contributed by atoms with Crippen LogP contribution in [-0.4, -0.2) is 29.1 Å². The molecule has 5 heteroatoms. The van der Waals surface area contributed by atoms with E-state index >= 15 is 0 Å². The van der Waals surface area contributed by atoms with Crippen LogP contribution in [0.4, 0.5) is 0 Å². The van der Waals surface area contributed by atoms with Crippen molar-refractivity contribution in [2.75, 3.05) is 13.7 Å². The third-order valence-electron chi connectivity index (χ3n) is 4.10. The van der Waals surface area contributed by atoms with Gasteiger partial charge in [-0.25, -0.2) is 9.78 Å². The number of carbonyl (C=O) groups is 1. The Morgan fingerprint density at radius 2 is 2.29 bits per heavy atom. The third-order valence-corrected chi connectivity index (χ3v) is 4.10. The van der Waals surface area contributed by atoms with Crippen molar-refractivity contribution in [1.29, 1.82) is 0 Å². The first-order valence-electron chi connectivity index (χ1n) is 7.45. The molecule has 1 fully saturated rings. The molecule has 0 N–H and O–H groups in total. The summed E-state index contributed by atoms with van der Waals surface area (Å²) in [5.74, 6) is 1.02. The van der Waals surface area contributed by atoms with Crippen LogP contribution in [0.5, 0.6) is 5.75 Å². The fourth-order valence-electron chi connectivity index (χ4n) is 2.63. The zero-order valence-corrected chi connectivity index (χ0v) is 12.5. The highest BCUT2D eigenvalue weighted by molar-refractivity contribution is 5.90. The molecule has 0 bridgehead atoms. The molecule has 3 rings (SSSR count). The Morgan fingerprint density at radius 1 is 1.48 bits per heavy atom. The van der Waals surface area contributed by atoms with Crippen LogP contribution in [0.2, 0.25) is 0 Å². The number of imidazole rings is 1. The van der Waals surface area contributed by atoms with Crippen LogP contribution < -0.4 is 4.74 Å². The van der Waals surface area contributed by atoms with Crippen LogP contribution in [0.3, 0.4) is 0 Å². The second-order valence-corrected chi connectivity index (χ2v) is 5.43. The molecule has 0 saturated heterocycles. The summed E-state index contributed by atoms with van der Waals surface area (Å²) in [4.78, 5) is 16.5. The fraction of sp³-hybridized carbons (Fsp3) is 0.500. The Hall–Kier alpha value is -2.04. The molecule has 1 aliphatic carbocycles. The maximum absolute atomic E-state index is 12.0. The molecule has 112 valence electrons. The minimum absolute atomic E-state index is 0.365. The molecule has 2 aromatic rings. The van der Waals surface area contributed by atoms with Crippen molar-refractivity contribution < 1.29 is 14.3 Å². The largest absolute Gasteiger partial charge is 0.489 e. The summed E-state index contributed by atoms with van der Waals surface area (Å²) >= 11 is 0. The predicted molar refractivity (Wildman–Crippen MR) is 78.7 cm³/mol. The van der Waals surface area contributed by atoms with E-state index in [2.05, 4.69) is 4.98 Å². The van der Waals surface area contributed by atoms with Gasteiger partial charge in [-0.1, -0.05) is 13.3 Å². The average Bonchev–Trinajstić information content (AvgIpc) is 2.84. The lowest BCUT2D eigenvalue weighted by atomic mass is 9.86. The summed E-state index contributed by atoms with van der Waals surface area (Å²) in [7, 11) is 1.39. The molecule has 5 nitrogen and oxygen atoms in total. The molecule has 0 amide bonds. The number of ether oxygens (including phenoxy) is 2. The lowest BCUT2D eigenvalue weighted by molar-refractivity contribution is 0.0591. The first kappa shape index (κ1) is 13.9. The maximum Gasteiger partial charge on any atom is 0.357 e. The van der Waals surface area contributed by atoms with Gasteiger partial charge in [0, 0.05) is 6.20 Å². The number of esters is 1. The number of carbonyl (C=O) groups excluding carboxylic acids is 1. The summed E-state index contributed by atoms with van der Waals surface area (Å²) < 4.78 is 12.5. The van der Waals surface area contributed by atoms with Crippen molar-refractivity contribution >= 4 is 11.6 Å². The number of rotatable bonds is 5. The summed E-state index contributed by atoms with van der Waals surface area (Å²) in [5.41, 5.74) is 1.92. The van der Waals surface area contributed by atoms with E-state index in [4.69, 9.17) is 9.47 Å². The first-order valence-corrected chi connectivity index (χ1v) is 7.45. The molecule has 0 atom stereocenters. The van der Waals surface area contributed by atoms with Gasteiger partial charge in [0.05, 0.1) is 19.4 Å². The lowest BCUT2D eigenvalue weighted by Crippen LogP contribution is -2.19. The van der Waals surface area contributed by atoms with Crippen molar-refractivity contribution in [3.8, 4) is 5.75 Å². The Morgan fingerprint density at radius 3 is 2.90 bits per heavy atom. The summed E-state index contributed by atoms with van der Waals surface area (Å²) in [6, 6.07) is 3.78. The van der Waals surface area contributed by atoms with Gasteiger partial charge in [-0.3, -0.25) is 4.40 Å².